The molecule has 3 heterocycles. The molecule has 0 fully saturated rings. The van der Waals surface area contributed by atoms with Crippen LogP contribution in [0.15, 0.2) is 70.8 Å². The zero-order chi connectivity index (χ0) is 17.7. The summed E-state index contributed by atoms with van der Waals surface area (Å²) in [5.41, 5.74) is 2.83. The van der Waals surface area contributed by atoms with E-state index in [0.29, 0.717) is 22.8 Å². The van der Waals surface area contributed by atoms with Gasteiger partial charge in [-0.1, -0.05) is 60.7 Å². The summed E-state index contributed by atoms with van der Waals surface area (Å²) in [5.74, 6) is 0.449. The van der Waals surface area contributed by atoms with Crippen LogP contribution in [0.1, 0.15) is 22.4 Å². The number of ether oxygens (including phenoxy) is 1. The number of aromatic nitrogens is 2. The second kappa shape index (κ2) is 5.54. The summed E-state index contributed by atoms with van der Waals surface area (Å²) in [4.78, 5) is 18.4. The lowest BCUT2D eigenvalue weighted by molar-refractivity contribution is 0.135. The molecule has 0 unspecified atom stereocenters. The molecule has 26 heavy (non-hydrogen) atoms. The van der Waals surface area contributed by atoms with Crippen LogP contribution in [0.3, 0.4) is 0 Å². The van der Waals surface area contributed by atoms with Crippen molar-refractivity contribution in [1.29, 1.82) is 0 Å². The molecule has 0 N–H and O–H groups in total. The van der Waals surface area contributed by atoms with Gasteiger partial charge in [-0.25, -0.2) is 0 Å². The molecule has 0 radical (unpaired) electrons. The standard InChI is InChI=1S/C21H16N2O2S/c1-14-13-26-20-22-18-17(19(24)23(14)20)12-21(25-18,15-8-4-2-5-9-15)16-10-6-3-7-11-16/h2-11,13H,12H2,1H3. The molecule has 5 heteroatoms. The summed E-state index contributed by atoms with van der Waals surface area (Å²) in [6.07, 6.45) is 0.473. The van der Waals surface area contributed by atoms with Crippen LogP contribution in [0.2, 0.25) is 0 Å². The SMILES string of the molecule is Cc1csc2nc3c(c(=O)n12)CC(c1ccccc1)(c1ccccc1)O3. The van der Waals surface area contributed by atoms with Gasteiger partial charge in [0.2, 0.25) is 5.88 Å². The number of rotatable bonds is 2. The van der Waals surface area contributed by atoms with E-state index in [9.17, 15) is 4.79 Å². The van der Waals surface area contributed by atoms with Crippen molar-refractivity contribution in [2.75, 3.05) is 0 Å². The van der Waals surface area contributed by atoms with E-state index in [1.165, 1.54) is 11.3 Å². The second-order valence-electron chi connectivity index (χ2n) is 6.53. The van der Waals surface area contributed by atoms with Gasteiger partial charge in [0.1, 0.15) is 0 Å². The molecule has 0 aliphatic carbocycles. The number of fused-ring (bicyclic) bond motifs is 2. The van der Waals surface area contributed by atoms with Gasteiger partial charge in [-0.2, -0.15) is 4.98 Å². The maximum absolute atomic E-state index is 13.1. The van der Waals surface area contributed by atoms with Gasteiger partial charge in [-0.05, 0) is 6.92 Å². The molecular weight excluding hydrogens is 344 g/mol. The first-order valence-corrected chi connectivity index (χ1v) is 9.37. The number of nitrogens with zero attached hydrogens (tertiary/aromatic N) is 2. The number of hydrogen-bond acceptors (Lipinski definition) is 4. The van der Waals surface area contributed by atoms with E-state index in [1.807, 2.05) is 73.0 Å². The van der Waals surface area contributed by atoms with Crippen molar-refractivity contribution in [3.63, 3.8) is 0 Å². The lowest BCUT2D eigenvalue weighted by Crippen LogP contribution is -2.33. The van der Waals surface area contributed by atoms with Gasteiger partial charge in [0.05, 0.1) is 5.56 Å². The molecule has 0 amide bonds. The Kier molecular flexibility index (Phi) is 3.27. The Morgan fingerprint density at radius 2 is 1.65 bits per heavy atom. The summed E-state index contributed by atoms with van der Waals surface area (Å²) < 4.78 is 8.13. The molecule has 0 atom stereocenters. The molecule has 1 aliphatic heterocycles. The van der Waals surface area contributed by atoms with Gasteiger partial charge < -0.3 is 4.74 Å². The van der Waals surface area contributed by atoms with Crippen molar-refractivity contribution in [1.82, 2.24) is 9.38 Å². The molecule has 1 aliphatic rings. The van der Waals surface area contributed by atoms with E-state index in [0.717, 1.165) is 16.8 Å². The summed E-state index contributed by atoms with van der Waals surface area (Å²) in [7, 11) is 0. The second-order valence-corrected chi connectivity index (χ2v) is 7.37. The first kappa shape index (κ1) is 15.3. The van der Waals surface area contributed by atoms with Gasteiger partial charge in [-0.15, -0.1) is 11.3 Å². The predicted molar refractivity (Wildman–Crippen MR) is 102 cm³/mol. The molecule has 128 valence electrons. The van der Waals surface area contributed by atoms with Gasteiger partial charge in [-0.3, -0.25) is 9.20 Å². The zero-order valence-electron chi connectivity index (χ0n) is 14.2. The number of hydrogen-bond donors (Lipinski definition) is 0. The van der Waals surface area contributed by atoms with Crippen LogP contribution in [-0.2, 0) is 12.0 Å². The van der Waals surface area contributed by atoms with Crippen LogP contribution in [0.5, 0.6) is 5.88 Å². The Balaban J connectivity index is 1.77. The Labute approximate surface area is 154 Å². The molecule has 4 aromatic rings. The van der Waals surface area contributed by atoms with Crippen LogP contribution >= 0.6 is 11.3 Å². The van der Waals surface area contributed by atoms with E-state index >= 15 is 0 Å². The Morgan fingerprint density at radius 1 is 1.04 bits per heavy atom. The van der Waals surface area contributed by atoms with Gasteiger partial charge >= 0.3 is 0 Å². The first-order chi connectivity index (χ1) is 12.7. The average Bonchev–Trinajstić information content (AvgIpc) is 3.26. The van der Waals surface area contributed by atoms with E-state index in [2.05, 4.69) is 4.98 Å². The molecule has 5 rings (SSSR count). The van der Waals surface area contributed by atoms with E-state index in [1.54, 1.807) is 4.40 Å². The third-order valence-electron chi connectivity index (χ3n) is 4.97. The summed E-state index contributed by atoms with van der Waals surface area (Å²) in [6, 6.07) is 20.1. The number of thiazole rings is 1. The fourth-order valence-corrected chi connectivity index (χ4v) is 4.54. The smallest absolute Gasteiger partial charge is 0.265 e. The predicted octanol–water partition coefficient (Wildman–Crippen LogP) is 3.94. The monoisotopic (exact) mass is 360 g/mol. The van der Waals surface area contributed by atoms with Crippen molar-refractivity contribution < 1.29 is 4.74 Å². The molecule has 0 saturated heterocycles. The van der Waals surface area contributed by atoms with Crippen LogP contribution in [-0.4, -0.2) is 9.38 Å². The minimum absolute atomic E-state index is 0.0301. The number of benzene rings is 2. The molecule has 4 nitrogen and oxygen atoms in total. The van der Waals surface area contributed by atoms with Crippen molar-refractivity contribution >= 4 is 16.3 Å². The van der Waals surface area contributed by atoms with Crippen LogP contribution in [0, 0.1) is 6.92 Å². The molecule has 0 spiro atoms. The summed E-state index contributed by atoms with van der Waals surface area (Å²) >= 11 is 1.46. The van der Waals surface area contributed by atoms with Crippen molar-refractivity contribution in [3.05, 3.63) is 98.8 Å². The Hall–Kier alpha value is -2.92. The van der Waals surface area contributed by atoms with E-state index in [4.69, 9.17) is 4.74 Å². The lowest BCUT2D eigenvalue weighted by atomic mass is 9.83. The van der Waals surface area contributed by atoms with Gasteiger partial charge in [0.25, 0.3) is 5.56 Å². The molecule has 0 bridgehead atoms. The van der Waals surface area contributed by atoms with Crippen LogP contribution < -0.4 is 10.3 Å². The van der Waals surface area contributed by atoms with E-state index < -0.39 is 5.60 Å². The zero-order valence-corrected chi connectivity index (χ0v) is 15.0. The van der Waals surface area contributed by atoms with Crippen molar-refractivity contribution in [3.8, 4) is 5.88 Å². The maximum atomic E-state index is 13.1. The van der Waals surface area contributed by atoms with Crippen molar-refractivity contribution in [2.45, 2.75) is 18.9 Å². The third-order valence-corrected chi connectivity index (χ3v) is 5.92. The fourth-order valence-electron chi connectivity index (χ4n) is 3.69. The molecular formula is C21H16N2O2S. The largest absolute Gasteiger partial charge is 0.460 e. The fraction of sp³-hybridized carbons (Fsp3) is 0.143. The summed E-state index contributed by atoms with van der Waals surface area (Å²) in [5, 5.41) is 1.94. The number of aryl methyl sites for hydroxylation is 1. The highest BCUT2D eigenvalue weighted by molar-refractivity contribution is 7.15. The minimum atomic E-state index is -0.727. The average molecular weight is 360 g/mol. The Bertz CT molecular complexity index is 1120. The maximum Gasteiger partial charge on any atom is 0.265 e. The normalized spacial score (nSPS) is 15.0. The quantitative estimate of drug-likeness (QED) is 0.544. The first-order valence-electron chi connectivity index (χ1n) is 8.49. The van der Waals surface area contributed by atoms with Gasteiger partial charge in [0, 0.05) is 28.6 Å². The molecule has 2 aromatic carbocycles. The lowest BCUT2D eigenvalue weighted by Gasteiger charge is -2.29. The van der Waals surface area contributed by atoms with Crippen LogP contribution in [0.25, 0.3) is 4.96 Å². The highest BCUT2D eigenvalue weighted by atomic mass is 32.1. The van der Waals surface area contributed by atoms with Crippen molar-refractivity contribution in [2.24, 2.45) is 0 Å². The molecule has 2 aromatic heterocycles. The highest BCUT2D eigenvalue weighted by Crippen LogP contribution is 2.44. The van der Waals surface area contributed by atoms with Crippen LogP contribution in [0.4, 0.5) is 0 Å². The highest BCUT2D eigenvalue weighted by Gasteiger charge is 2.45. The topological polar surface area (TPSA) is 43.6 Å². The van der Waals surface area contributed by atoms with E-state index in [-0.39, 0.29) is 5.56 Å². The molecule has 0 saturated carbocycles. The summed E-state index contributed by atoms with van der Waals surface area (Å²) in [6.45, 7) is 1.93. The minimum Gasteiger partial charge on any atom is -0.460 e. The van der Waals surface area contributed by atoms with Gasteiger partial charge in [0.15, 0.2) is 10.6 Å². The Morgan fingerprint density at radius 3 is 2.27 bits per heavy atom. The third kappa shape index (κ3) is 2.07.